The Hall–Kier alpha value is -0.530. The Kier molecular flexibility index (Phi) is 14.0. The van der Waals surface area contributed by atoms with Crippen LogP contribution in [0, 0.1) is 11.8 Å². The maximum atomic E-state index is 10.7. The van der Waals surface area contributed by atoms with Gasteiger partial charge in [-0.15, -0.1) is 0 Å². The lowest BCUT2D eigenvalue weighted by Gasteiger charge is -2.12. The van der Waals surface area contributed by atoms with Crippen LogP contribution in [0.25, 0.3) is 0 Å². The van der Waals surface area contributed by atoms with Gasteiger partial charge in [-0.05, 0) is 12.3 Å². The molecule has 0 bridgehead atoms. The van der Waals surface area contributed by atoms with Crippen LogP contribution in [-0.4, -0.2) is 11.1 Å². The largest absolute Gasteiger partial charge is 0.481 e. The number of aliphatic carboxylic acids is 1. The summed E-state index contributed by atoms with van der Waals surface area (Å²) < 4.78 is 0. The number of rotatable bonds is 15. The fourth-order valence-corrected chi connectivity index (χ4v) is 2.84. The molecule has 2 unspecified atom stereocenters. The second-order valence-corrected chi connectivity index (χ2v) is 6.89. The molecule has 21 heavy (non-hydrogen) atoms. The number of carboxylic acids is 1. The van der Waals surface area contributed by atoms with Crippen molar-refractivity contribution in [2.75, 3.05) is 0 Å². The van der Waals surface area contributed by atoms with Crippen LogP contribution in [0.2, 0.25) is 0 Å². The van der Waals surface area contributed by atoms with E-state index in [0.29, 0.717) is 0 Å². The lowest BCUT2D eigenvalue weighted by molar-refractivity contribution is -0.141. The summed E-state index contributed by atoms with van der Waals surface area (Å²) in [5.74, 6) is -0.0137. The highest BCUT2D eigenvalue weighted by molar-refractivity contribution is 5.69. The van der Waals surface area contributed by atoms with E-state index < -0.39 is 5.97 Å². The molecule has 1 N–H and O–H groups in total. The van der Waals surface area contributed by atoms with Gasteiger partial charge in [0.1, 0.15) is 0 Å². The minimum absolute atomic E-state index is 0.173. The molecule has 0 aromatic heterocycles. The van der Waals surface area contributed by atoms with Gasteiger partial charge in [0.2, 0.25) is 0 Å². The van der Waals surface area contributed by atoms with Crippen LogP contribution in [-0.2, 0) is 4.79 Å². The minimum atomic E-state index is -0.651. The highest BCUT2D eigenvalue weighted by Crippen LogP contribution is 2.19. The van der Waals surface area contributed by atoms with Gasteiger partial charge < -0.3 is 5.11 Å². The van der Waals surface area contributed by atoms with E-state index in [-0.39, 0.29) is 5.92 Å². The highest BCUT2D eigenvalue weighted by Gasteiger charge is 2.10. The van der Waals surface area contributed by atoms with Gasteiger partial charge >= 0.3 is 5.97 Å². The molecule has 0 heterocycles. The number of hydrogen-bond donors (Lipinski definition) is 1. The van der Waals surface area contributed by atoms with E-state index in [1.807, 2.05) is 6.92 Å². The smallest absolute Gasteiger partial charge is 0.306 e. The number of hydrogen-bond acceptors (Lipinski definition) is 1. The van der Waals surface area contributed by atoms with Crippen LogP contribution in [0.15, 0.2) is 0 Å². The molecular weight excluding hydrogens is 260 g/mol. The van der Waals surface area contributed by atoms with Crippen LogP contribution in [0.4, 0.5) is 0 Å². The van der Waals surface area contributed by atoms with E-state index in [0.717, 1.165) is 18.8 Å². The van der Waals surface area contributed by atoms with Gasteiger partial charge in [0.05, 0.1) is 5.92 Å². The van der Waals surface area contributed by atoms with Crippen LogP contribution >= 0.6 is 0 Å². The molecule has 0 spiro atoms. The monoisotopic (exact) mass is 298 g/mol. The molecule has 0 aliphatic rings. The summed E-state index contributed by atoms with van der Waals surface area (Å²) >= 11 is 0. The molecule has 0 aliphatic carbocycles. The summed E-state index contributed by atoms with van der Waals surface area (Å²) in [4.78, 5) is 10.7. The Bertz CT molecular complexity index is 238. The predicted octanol–water partition coefficient (Wildman–Crippen LogP) is 6.43. The molecule has 0 fully saturated rings. The zero-order valence-corrected chi connectivity index (χ0v) is 14.7. The molecule has 2 atom stereocenters. The van der Waals surface area contributed by atoms with Crippen LogP contribution in [0.3, 0.4) is 0 Å². The van der Waals surface area contributed by atoms with Crippen LogP contribution in [0.5, 0.6) is 0 Å². The molecular formula is C19H38O2. The number of unbranched alkanes of at least 4 members (excludes halogenated alkanes) is 8. The number of carboxylic acid groups (broad SMARTS) is 1. The van der Waals surface area contributed by atoms with Crippen molar-refractivity contribution in [3.8, 4) is 0 Å². The van der Waals surface area contributed by atoms with Gasteiger partial charge in [0, 0.05) is 0 Å². The van der Waals surface area contributed by atoms with Gasteiger partial charge in [0.25, 0.3) is 0 Å². The molecule has 0 aromatic carbocycles. The Balaban J connectivity index is 3.27. The maximum absolute atomic E-state index is 10.7. The second kappa shape index (κ2) is 14.4. The third-order valence-corrected chi connectivity index (χ3v) is 4.56. The summed E-state index contributed by atoms with van der Waals surface area (Å²) in [5.41, 5.74) is 0. The predicted molar refractivity (Wildman–Crippen MR) is 91.7 cm³/mol. The maximum Gasteiger partial charge on any atom is 0.306 e. The Morgan fingerprint density at radius 2 is 1.19 bits per heavy atom. The standard InChI is InChI=1S/C19H38O2/c1-4-5-6-7-8-9-10-11-14-17(2)15-12-13-16-18(3)19(20)21/h17-18H,4-16H2,1-3H3,(H,20,21). The van der Waals surface area contributed by atoms with E-state index in [1.165, 1.54) is 70.6 Å². The molecule has 0 saturated carbocycles. The molecule has 0 rings (SSSR count). The van der Waals surface area contributed by atoms with Crippen molar-refractivity contribution in [3.63, 3.8) is 0 Å². The Labute approximate surface area is 132 Å². The fourth-order valence-electron chi connectivity index (χ4n) is 2.84. The first-order valence-corrected chi connectivity index (χ1v) is 9.30. The van der Waals surface area contributed by atoms with E-state index in [1.54, 1.807) is 0 Å². The lowest BCUT2D eigenvalue weighted by Crippen LogP contribution is -2.09. The third kappa shape index (κ3) is 14.2. The third-order valence-electron chi connectivity index (χ3n) is 4.56. The molecule has 126 valence electrons. The molecule has 2 heteroatoms. The van der Waals surface area contributed by atoms with Gasteiger partial charge in [-0.2, -0.15) is 0 Å². The topological polar surface area (TPSA) is 37.3 Å². The first-order valence-electron chi connectivity index (χ1n) is 9.30. The van der Waals surface area contributed by atoms with Crippen molar-refractivity contribution < 1.29 is 9.90 Å². The number of carbonyl (C=O) groups is 1. The zero-order chi connectivity index (χ0) is 15.9. The lowest BCUT2D eigenvalue weighted by atomic mass is 9.95. The van der Waals surface area contributed by atoms with E-state index in [9.17, 15) is 4.79 Å². The van der Waals surface area contributed by atoms with Crippen molar-refractivity contribution in [2.45, 2.75) is 104 Å². The first kappa shape index (κ1) is 20.5. The van der Waals surface area contributed by atoms with Crippen LogP contribution in [0.1, 0.15) is 104 Å². The van der Waals surface area contributed by atoms with E-state index in [4.69, 9.17) is 5.11 Å². The summed E-state index contributed by atoms with van der Waals surface area (Å²) in [6.45, 7) is 6.43. The van der Waals surface area contributed by atoms with Crippen molar-refractivity contribution in [1.29, 1.82) is 0 Å². The van der Waals surface area contributed by atoms with E-state index in [2.05, 4.69) is 13.8 Å². The van der Waals surface area contributed by atoms with Crippen LogP contribution < -0.4 is 0 Å². The van der Waals surface area contributed by atoms with E-state index >= 15 is 0 Å². The summed E-state index contributed by atoms with van der Waals surface area (Å²) in [6, 6.07) is 0. The van der Waals surface area contributed by atoms with Gasteiger partial charge in [-0.3, -0.25) is 4.79 Å². The van der Waals surface area contributed by atoms with Gasteiger partial charge in [-0.25, -0.2) is 0 Å². The van der Waals surface area contributed by atoms with Crippen molar-refractivity contribution >= 4 is 5.97 Å². The average Bonchev–Trinajstić information content (AvgIpc) is 2.46. The zero-order valence-electron chi connectivity index (χ0n) is 14.7. The first-order chi connectivity index (χ1) is 10.1. The van der Waals surface area contributed by atoms with Crippen molar-refractivity contribution in [3.05, 3.63) is 0 Å². The second-order valence-electron chi connectivity index (χ2n) is 6.89. The Morgan fingerprint density at radius 1 is 0.762 bits per heavy atom. The molecule has 0 aliphatic heterocycles. The highest BCUT2D eigenvalue weighted by atomic mass is 16.4. The fraction of sp³-hybridized carbons (Fsp3) is 0.947. The Morgan fingerprint density at radius 3 is 1.71 bits per heavy atom. The molecule has 0 saturated heterocycles. The minimum Gasteiger partial charge on any atom is -0.481 e. The molecule has 0 radical (unpaired) electrons. The normalized spacial score (nSPS) is 14.0. The average molecular weight is 299 g/mol. The van der Waals surface area contributed by atoms with Crippen molar-refractivity contribution in [2.24, 2.45) is 11.8 Å². The molecule has 0 aromatic rings. The SMILES string of the molecule is CCCCCCCCCCC(C)CCCCC(C)C(=O)O. The quantitative estimate of drug-likeness (QED) is 0.353. The molecule has 2 nitrogen and oxygen atoms in total. The van der Waals surface area contributed by atoms with Gasteiger partial charge in [-0.1, -0.05) is 97.8 Å². The molecule has 0 amide bonds. The van der Waals surface area contributed by atoms with Crippen molar-refractivity contribution in [1.82, 2.24) is 0 Å². The summed E-state index contributed by atoms with van der Waals surface area (Å²) in [6.07, 6.45) is 16.9. The summed E-state index contributed by atoms with van der Waals surface area (Å²) in [5, 5.41) is 8.83. The van der Waals surface area contributed by atoms with Gasteiger partial charge in [0.15, 0.2) is 0 Å². The summed E-state index contributed by atoms with van der Waals surface area (Å²) in [7, 11) is 0.